The molecule has 1 aromatic rings. The van der Waals surface area contributed by atoms with Crippen LogP contribution >= 0.6 is 11.6 Å². The second kappa shape index (κ2) is 7.96. The van der Waals surface area contributed by atoms with Gasteiger partial charge in [0, 0.05) is 32.3 Å². The van der Waals surface area contributed by atoms with E-state index in [1.54, 1.807) is 24.1 Å². The fraction of sp³-hybridized carbons (Fsp3) is 0.538. The summed E-state index contributed by atoms with van der Waals surface area (Å²) in [5, 5.41) is 3.36. The summed E-state index contributed by atoms with van der Waals surface area (Å²) in [5.74, 6) is 0.546. The highest BCUT2D eigenvalue weighted by atomic mass is 35.5. The van der Waals surface area contributed by atoms with Crippen molar-refractivity contribution in [1.82, 2.24) is 9.88 Å². The zero-order valence-electron chi connectivity index (χ0n) is 11.6. The molecule has 0 atom stereocenters. The van der Waals surface area contributed by atoms with Gasteiger partial charge in [0.1, 0.15) is 11.0 Å². The van der Waals surface area contributed by atoms with Gasteiger partial charge >= 0.3 is 0 Å². The second-order valence-electron chi connectivity index (χ2n) is 3.97. The van der Waals surface area contributed by atoms with Crippen LogP contribution in [-0.4, -0.2) is 49.1 Å². The molecule has 0 unspecified atom stereocenters. The Balaban J connectivity index is 2.90. The van der Waals surface area contributed by atoms with E-state index in [0.717, 1.165) is 6.54 Å². The molecule has 5 nitrogen and oxygen atoms in total. The molecule has 0 aromatic carbocycles. The predicted molar refractivity (Wildman–Crippen MR) is 76.9 cm³/mol. The summed E-state index contributed by atoms with van der Waals surface area (Å²) in [7, 11) is 1.62. The zero-order chi connectivity index (χ0) is 14.3. The number of nitrogens with zero attached hydrogens (tertiary/aromatic N) is 2. The summed E-state index contributed by atoms with van der Waals surface area (Å²) in [6.07, 6.45) is 0. The molecule has 0 bridgehead atoms. The highest BCUT2D eigenvalue weighted by Crippen LogP contribution is 2.16. The minimum atomic E-state index is -0.0667. The molecule has 0 spiro atoms. The van der Waals surface area contributed by atoms with Crippen LogP contribution in [0.5, 0.6) is 0 Å². The Morgan fingerprint density at radius 1 is 1.47 bits per heavy atom. The van der Waals surface area contributed by atoms with Gasteiger partial charge in [0.2, 0.25) is 0 Å². The highest BCUT2D eigenvalue weighted by Gasteiger charge is 2.15. The van der Waals surface area contributed by atoms with Crippen molar-refractivity contribution in [2.24, 2.45) is 0 Å². The van der Waals surface area contributed by atoms with Crippen LogP contribution in [0.1, 0.15) is 24.2 Å². The van der Waals surface area contributed by atoms with Gasteiger partial charge in [0.15, 0.2) is 0 Å². The lowest BCUT2D eigenvalue weighted by molar-refractivity contribution is 0.0706. The maximum Gasteiger partial charge on any atom is 0.254 e. The van der Waals surface area contributed by atoms with E-state index in [-0.39, 0.29) is 5.91 Å². The van der Waals surface area contributed by atoms with E-state index in [0.29, 0.717) is 36.2 Å². The third kappa shape index (κ3) is 4.69. The lowest BCUT2D eigenvalue weighted by Gasteiger charge is -2.20. The average molecular weight is 286 g/mol. The maximum absolute atomic E-state index is 12.3. The number of pyridine rings is 1. The van der Waals surface area contributed by atoms with Crippen LogP contribution in [-0.2, 0) is 4.74 Å². The summed E-state index contributed by atoms with van der Waals surface area (Å²) in [6, 6.07) is 3.30. The summed E-state index contributed by atoms with van der Waals surface area (Å²) < 4.78 is 5.00. The number of nitrogens with one attached hydrogen (secondary N) is 1. The molecule has 0 aliphatic heterocycles. The van der Waals surface area contributed by atoms with Crippen LogP contribution in [0.4, 0.5) is 5.82 Å². The Bertz CT molecular complexity index is 426. The Morgan fingerprint density at radius 2 is 2.21 bits per heavy atom. The molecule has 106 valence electrons. The van der Waals surface area contributed by atoms with Gasteiger partial charge in [-0.1, -0.05) is 11.6 Å². The molecule has 1 heterocycles. The number of ether oxygens (including phenoxy) is 1. The van der Waals surface area contributed by atoms with Gasteiger partial charge in [-0.15, -0.1) is 0 Å². The van der Waals surface area contributed by atoms with E-state index in [9.17, 15) is 4.79 Å². The third-order valence-corrected chi connectivity index (χ3v) is 2.83. The maximum atomic E-state index is 12.3. The molecule has 6 heteroatoms. The van der Waals surface area contributed by atoms with Crippen LogP contribution in [0.2, 0.25) is 5.15 Å². The Kier molecular flexibility index (Phi) is 6.59. The summed E-state index contributed by atoms with van der Waals surface area (Å²) in [6.45, 7) is 6.31. The molecular formula is C13H20ClN3O2. The lowest BCUT2D eigenvalue weighted by Crippen LogP contribution is -2.33. The SMILES string of the molecule is CCNc1cc(C(=O)N(CC)CCOC)cc(Cl)n1. The van der Waals surface area contributed by atoms with Crippen molar-refractivity contribution in [3.05, 3.63) is 22.8 Å². The van der Waals surface area contributed by atoms with E-state index >= 15 is 0 Å². The number of aromatic nitrogens is 1. The molecule has 1 rings (SSSR count). The van der Waals surface area contributed by atoms with Gasteiger partial charge in [-0.05, 0) is 26.0 Å². The number of hydrogen-bond acceptors (Lipinski definition) is 4. The monoisotopic (exact) mass is 285 g/mol. The minimum absolute atomic E-state index is 0.0667. The molecule has 0 radical (unpaired) electrons. The number of hydrogen-bond donors (Lipinski definition) is 1. The number of likely N-dealkylation sites (N-methyl/N-ethyl adjacent to an activating group) is 1. The van der Waals surface area contributed by atoms with Crippen LogP contribution < -0.4 is 5.32 Å². The van der Waals surface area contributed by atoms with Crippen molar-refractivity contribution in [1.29, 1.82) is 0 Å². The van der Waals surface area contributed by atoms with Gasteiger partial charge in [-0.25, -0.2) is 4.98 Å². The second-order valence-corrected chi connectivity index (χ2v) is 4.36. The first-order chi connectivity index (χ1) is 9.12. The smallest absolute Gasteiger partial charge is 0.254 e. The quantitative estimate of drug-likeness (QED) is 0.781. The number of halogens is 1. The van der Waals surface area contributed by atoms with Crippen LogP contribution in [0.25, 0.3) is 0 Å². The predicted octanol–water partition coefficient (Wildman–Crippen LogP) is 2.28. The largest absolute Gasteiger partial charge is 0.383 e. The van der Waals surface area contributed by atoms with Gasteiger partial charge in [0.25, 0.3) is 5.91 Å². The Labute approximate surface area is 118 Å². The third-order valence-electron chi connectivity index (χ3n) is 2.63. The van der Waals surface area contributed by atoms with Crippen molar-refractivity contribution in [3.8, 4) is 0 Å². The first-order valence-corrected chi connectivity index (χ1v) is 6.69. The molecular weight excluding hydrogens is 266 g/mol. The first-order valence-electron chi connectivity index (χ1n) is 6.32. The normalized spacial score (nSPS) is 10.3. The molecule has 19 heavy (non-hydrogen) atoms. The van der Waals surface area contributed by atoms with E-state index in [4.69, 9.17) is 16.3 Å². The Hall–Kier alpha value is -1.33. The van der Waals surface area contributed by atoms with Crippen LogP contribution in [0.3, 0.4) is 0 Å². The average Bonchev–Trinajstić information content (AvgIpc) is 2.39. The fourth-order valence-corrected chi connectivity index (χ4v) is 1.89. The molecule has 0 saturated carbocycles. The van der Waals surface area contributed by atoms with Gasteiger partial charge in [-0.2, -0.15) is 0 Å². The van der Waals surface area contributed by atoms with Crippen molar-refractivity contribution in [2.75, 3.05) is 38.7 Å². The molecule has 0 saturated heterocycles. The van der Waals surface area contributed by atoms with Crippen molar-refractivity contribution < 1.29 is 9.53 Å². The molecule has 1 N–H and O–H groups in total. The summed E-state index contributed by atoms with van der Waals surface area (Å²) in [4.78, 5) is 18.2. The molecule has 0 aliphatic carbocycles. The van der Waals surface area contributed by atoms with Crippen LogP contribution in [0.15, 0.2) is 12.1 Å². The Morgan fingerprint density at radius 3 is 2.79 bits per heavy atom. The fourth-order valence-electron chi connectivity index (χ4n) is 1.68. The highest BCUT2D eigenvalue weighted by molar-refractivity contribution is 6.29. The van der Waals surface area contributed by atoms with Gasteiger partial charge in [0.05, 0.1) is 6.61 Å². The van der Waals surface area contributed by atoms with Gasteiger partial charge in [-0.3, -0.25) is 4.79 Å². The van der Waals surface area contributed by atoms with Crippen molar-refractivity contribution in [2.45, 2.75) is 13.8 Å². The molecule has 0 aliphatic rings. The van der Waals surface area contributed by atoms with E-state index in [2.05, 4.69) is 10.3 Å². The number of methoxy groups -OCH3 is 1. The number of anilines is 1. The summed E-state index contributed by atoms with van der Waals surface area (Å²) >= 11 is 5.94. The van der Waals surface area contributed by atoms with E-state index in [1.807, 2.05) is 13.8 Å². The van der Waals surface area contributed by atoms with Crippen LogP contribution in [0, 0.1) is 0 Å². The molecule has 1 aromatic heterocycles. The minimum Gasteiger partial charge on any atom is -0.383 e. The standard InChI is InChI=1S/C13H20ClN3O2/c1-4-15-12-9-10(8-11(14)16-12)13(18)17(5-2)6-7-19-3/h8-9H,4-7H2,1-3H3,(H,15,16). The number of amides is 1. The van der Waals surface area contributed by atoms with Crippen molar-refractivity contribution >= 4 is 23.3 Å². The van der Waals surface area contributed by atoms with Gasteiger partial charge < -0.3 is 15.0 Å². The molecule has 0 fully saturated rings. The lowest BCUT2D eigenvalue weighted by atomic mass is 10.2. The molecule has 1 amide bonds. The topological polar surface area (TPSA) is 54.5 Å². The number of carbonyl (C=O) groups excluding carboxylic acids is 1. The summed E-state index contributed by atoms with van der Waals surface area (Å²) in [5.41, 5.74) is 0.536. The van der Waals surface area contributed by atoms with E-state index in [1.165, 1.54) is 0 Å². The zero-order valence-corrected chi connectivity index (χ0v) is 12.3. The van der Waals surface area contributed by atoms with Crippen molar-refractivity contribution in [3.63, 3.8) is 0 Å². The number of rotatable bonds is 7. The number of carbonyl (C=O) groups is 1. The van der Waals surface area contributed by atoms with E-state index < -0.39 is 0 Å². The first kappa shape index (κ1) is 15.7.